The molecule has 128 valence electrons. The van der Waals surface area contributed by atoms with Crippen LogP contribution in [-0.2, 0) is 11.2 Å². The van der Waals surface area contributed by atoms with Crippen LogP contribution in [0.15, 0.2) is 58.2 Å². The lowest BCUT2D eigenvalue weighted by atomic mass is 10.2. The van der Waals surface area contributed by atoms with Crippen molar-refractivity contribution < 1.29 is 18.7 Å². The average molecular weight is 356 g/mol. The van der Waals surface area contributed by atoms with E-state index in [1.165, 1.54) is 0 Å². The maximum atomic E-state index is 12.2. The van der Waals surface area contributed by atoms with Gasteiger partial charge in [0.25, 0.3) is 11.1 Å². The summed E-state index contributed by atoms with van der Waals surface area (Å²) in [5, 5.41) is 8.04. The SMILES string of the molecule is COc1ccc(CC(=O)Sc2nnc(-c3ccccc3OC)o2)cc1. The Morgan fingerprint density at radius 1 is 1.04 bits per heavy atom. The summed E-state index contributed by atoms with van der Waals surface area (Å²) >= 11 is 0.926. The number of carbonyl (C=O) groups excluding carboxylic acids is 1. The van der Waals surface area contributed by atoms with Crippen LogP contribution in [-0.4, -0.2) is 29.5 Å². The molecular formula is C18H16N2O4S. The molecule has 0 aliphatic carbocycles. The van der Waals surface area contributed by atoms with Gasteiger partial charge in [-0.25, -0.2) is 0 Å². The number of thioether (sulfide) groups is 1. The van der Waals surface area contributed by atoms with Gasteiger partial charge in [0.1, 0.15) is 11.5 Å². The van der Waals surface area contributed by atoms with Crippen molar-refractivity contribution in [1.82, 2.24) is 10.2 Å². The maximum Gasteiger partial charge on any atom is 0.284 e. The number of nitrogens with zero attached hydrogens (tertiary/aromatic N) is 2. The average Bonchev–Trinajstić information content (AvgIpc) is 3.10. The van der Waals surface area contributed by atoms with Crippen molar-refractivity contribution in [3.8, 4) is 23.0 Å². The minimum Gasteiger partial charge on any atom is -0.497 e. The molecule has 1 aromatic heterocycles. The third-order valence-electron chi connectivity index (χ3n) is 3.45. The molecule has 0 atom stereocenters. The second kappa shape index (κ2) is 7.85. The fraction of sp³-hybridized carbons (Fsp3) is 0.167. The normalized spacial score (nSPS) is 10.5. The standard InChI is InChI=1S/C18H16N2O4S/c1-22-13-9-7-12(8-10-13)11-16(21)25-18-20-19-17(24-18)14-5-3-4-6-15(14)23-2/h3-10H,11H2,1-2H3. The third-order valence-corrected chi connectivity index (χ3v) is 4.16. The van der Waals surface area contributed by atoms with E-state index in [9.17, 15) is 4.79 Å². The van der Waals surface area contributed by atoms with E-state index >= 15 is 0 Å². The van der Waals surface area contributed by atoms with E-state index in [2.05, 4.69) is 10.2 Å². The van der Waals surface area contributed by atoms with Gasteiger partial charge in [-0.15, -0.1) is 10.2 Å². The number of methoxy groups -OCH3 is 2. The first kappa shape index (κ1) is 17.0. The summed E-state index contributed by atoms with van der Waals surface area (Å²) in [6.07, 6.45) is 0.265. The number of hydrogen-bond acceptors (Lipinski definition) is 7. The molecule has 0 unspecified atom stereocenters. The first-order valence-electron chi connectivity index (χ1n) is 7.50. The van der Waals surface area contributed by atoms with Crippen molar-refractivity contribution in [2.75, 3.05) is 14.2 Å². The molecule has 0 amide bonds. The van der Waals surface area contributed by atoms with Gasteiger partial charge in [0, 0.05) is 18.2 Å². The number of para-hydroxylation sites is 1. The molecule has 6 nitrogen and oxygen atoms in total. The minimum absolute atomic E-state index is 0.0830. The van der Waals surface area contributed by atoms with E-state index in [1.54, 1.807) is 20.3 Å². The van der Waals surface area contributed by atoms with Gasteiger partial charge in [0.2, 0.25) is 5.12 Å². The van der Waals surface area contributed by atoms with Crippen molar-refractivity contribution in [2.24, 2.45) is 0 Å². The zero-order valence-electron chi connectivity index (χ0n) is 13.8. The molecule has 0 saturated carbocycles. The summed E-state index contributed by atoms with van der Waals surface area (Å²) in [5.74, 6) is 1.70. The fourth-order valence-electron chi connectivity index (χ4n) is 2.22. The number of rotatable bonds is 6. The summed E-state index contributed by atoms with van der Waals surface area (Å²) < 4.78 is 16.0. The maximum absolute atomic E-state index is 12.2. The summed E-state index contributed by atoms with van der Waals surface area (Å²) in [5.41, 5.74) is 1.58. The number of benzene rings is 2. The number of hydrogen-bond donors (Lipinski definition) is 0. The Kier molecular flexibility index (Phi) is 5.35. The van der Waals surface area contributed by atoms with E-state index in [4.69, 9.17) is 13.9 Å². The van der Waals surface area contributed by atoms with E-state index in [0.717, 1.165) is 23.1 Å². The van der Waals surface area contributed by atoms with Crippen LogP contribution in [0.2, 0.25) is 0 Å². The molecule has 0 bridgehead atoms. The van der Waals surface area contributed by atoms with Crippen molar-refractivity contribution in [1.29, 1.82) is 0 Å². The highest BCUT2D eigenvalue weighted by atomic mass is 32.2. The second-order valence-electron chi connectivity index (χ2n) is 5.07. The molecule has 1 heterocycles. The zero-order valence-corrected chi connectivity index (χ0v) is 14.6. The van der Waals surface area contributed by atoms with Gasteiger partial charge >= 0.3 is 0 Å². The van der Waals surface area contributed by atoms with Crippen LogP contribution >= 0.6 is 11.8 Å². The molecule has 0 aliphatic heterocycles. The van der Waals surface area contributed by atoms with Gasteiger partial charge in [-0.3, -0.25) is 4.79 Å². The first-order chi connectivity index (χ1) is 12.2. The van der Waals surface area contributed by atoms with Crippen LogP contribution in [0.1, 0.15) is 5.56 Å². The van der Waals surface area contributed by atoms with E-state index in [1.807, 2.05) is 42.5 Å². The lowest BCUT2D eigenvalue weighted by Crippen LogP contribution is -1.97. The van der Waals surface area contributed by atoms with E-state index < -0.39 is 0 Å². The highest BCUT2D eigenvalue weighted by Crippen LogP contribution is 2.30. The molecule has 7 heteroatoms. The predicted octanol–water partition coefficient (Wildman–Crippen LogP) is 3.62. The van der Waals surface area contributed by atoms with Crippen LogP contribution < -0.4 is 9.47 Å². The Morgan fingerprint density at radius 2 is 1.80 bits per heavy atom. The van der Waals surface area contributed by atoms with Crippen LogP contribution in [0.25, 0.3) is 11.5 Å². The van der Waals surface area contributed by atoms with Crippen LogP contribution in [0.3, 0.4) is 0 Å². The largest absolute Gasteiger partial charge is 0.497 e. The molecule has 2 aromatic carbocycles. The molecule has 0 fully saturated rings. The molecule has 0 saturated heterocycles. The predicted molar refractivity (Wildman–Crippen MR) is 93.8 cm³/mol. The summed E-state index contributed by atoms with van der Waals surface area (Å²) in [6, 6.07) is 14.7. The summed E-state index contributed by atoms with van der Waals surface area (Å²) in [7, 11) is 3.17. The van der Waals surface area contributed by atoms with Gasteiger partial charge in [-0.2, -0.15) is 0 Å². The minimum atomic E-state index is -0.0830. The van der Waals surface area contributed by atoms with Crippen LogP contribution in [0, 0.1) is 0 Å². The van der Waals surface area contributed by atoms with Crippen LogP contribution in [0.5, 0.6) is 11.5 Å². The van der Waals surface area contributed by atoms with Crippen LogP contribution in [0.4, 0.5) is 0 Å². The molecule has 0 N–H and O–H groups in total. The molecule has 25 heavy (non-hydrogen) atoms. The summed E-state index contributed by atoms with van der Waals surface area (Å²) in [4.78, 5) is 12.2. The molecule has 0 spiro atoms. The second-order valence-corrected chi connectivity index (χ2v) is 6.08. The van der Waals surface area contributed by atoms with Gasteiger partial charge in [0.15, 0.2) is 0 Å². The third kappa shape index (κ3) is 4.19. The van der Waals surface area contributed by atoms with Gasteiger partial charge in [0.05, 0.1) is 19.8 Å². The highest BCUT2D eigenvalue weighted by molar-refractivity contribution is 8.13. The quantitative estimate of drug-likeness (QED) is 0.625. The van der Waals surface area contributed by atoms with Crippen molar-refractivity contribution >= 4 is 16.9 Å². The smallest absolute Gasteiger partial charge is 0.284 e. The molecule has 0 aliphatic rings. The molecule has 3 aromatic rings. The molecular weight excluding hydrogens is 340 g/mol. The monoisotopic (exact) mass is 356 g/mol. The Bertz CT molecular complexity index is 862. The molecule has 0 radical (unpaired) electrons. The Balaban J connectivity index is 1.67. The van der Waals surface area contributed by atoms with Crippen molar-refractivity contribution in [3.05, 3.63) is 54.1 Å². The van der Waals surface area contributed by atoms with Gasteiger partial charge < -0.3 is 13.9 Å². The Labute approximate surface area is 149 Å². The van der Waals surface area contributed by atoms with E-state index in [-0.39, 0.29) is 16.8 Å². The van der Waals surface area contributed by atoms with Gasteiger partial charge in [-0.05, 0) is 29.8 Å². The zero-order chi connectivity index (χ0) is 17.6. The lowest BCUT2D eigenvalue weighted by Gasteiger charge is -2.03. The molecule has 3 rings (SSSR count). The number of aromatic nitrogens is 2. The highest BCUT2D eigenvalue weighted by Gasteiger charge is 2.16. The number of carbonyl (C=O) groups is 1. The fourth-order valence-corrected chi connectivity index (χ4v) is 2.86. The summed E-state index contributed by atoms with van der Waals surface area (Å²) in [6.45, 7) is 0. The van der Waals surface area contributed by atoms with Crippen molar-refractivity contribution in [2.45, 2.75) is 11.6 Å². The number of ether oxygens (including phenoxy) is 2. The lowest BCUT2D eigenvalue weighted by molar-refractivity contribution is -0.110. The van der Waals surface area contributed by atoms with E-state index in [0.29, 0.717) is 17.2 Å². The topological polar surface area (TPSA) is 74.5 Å². The van der Waals surface area contributed by atoms with Crippen molar-refractivity contribution in [3.63, 3.8) is 0 Å². The Morgan fingerprint density at radius 3 is 2.52 bits per heavy atom. The Hall–Kier alpha value is -2.80. The van der Waals surface area contributed by atoms with Gasteiger partial charge in [-0.1, -0.05) is 24.3 Å². The first-order valence-corrected chi connectivity index (χ1v) is 8.31.